The van der Waals surface area contributed by atoms with Crippen LogP contribution in [-0.4, -0.2) is 32.3 Å². The second kappa shape index (κ2) is 4.22. The van der Waals surface area contributed by atoms with E-state index in [-0.39, 0.29) is 22.1 Å². The standard InChI is InChI=1S/C12H10N4O2S/c13-6-10-15-11-9(7-14-12(11)16-10)19(17,18)8-4-2-1-3-5-8/h1-5,7H,6,13H2. The summed E-state index contributed by atoms with van der Waals surface area (Å²) in [4.78, 5) is 12.4. The fraction of sp³-hybridized carbons (Fsp3) is 0.0833. The number of aliphatic imine (C=N–C) groups is 3. The molecular weight excluding hydrogens is 264 g/mol. The molecule has 7 heteroatoms. The van der Waals surface area contributed by atoms with Crippen molar-refractivity contribution in [3.05, 3.63) is 41.4 Å². The second-order valence-electron chi connectivity index (χ2n) is 3.96. The quantitative estimate of drug-likeness (QED) is 0.870. The number of amidine groups is 2. The summed E-state index contributed by atoms with van der Waals surface area (Å²) < 4.78 is 24.9. The first kappa shape index (κ1) is 11.9. The smallest absolute Gasteiger partial charge is 0.210 e. The zero-order chi connectivity index (χ0) is 13.5. The molecule has 3 rings (SSSR count). The first-order chi connectivity index (χ1) is 9.13. The van der Waals surface area contributed by atoms with E-state index in [9.17, 15) is 8.42 Å². The van der Waals surface area contributed by atoms with E-state index in [0.29, 0.717) is 11.7 Å². The lowest BCUT2D eigenvalue weighted by molar-refractivity contribution is 0.603. The summed E-state index contributed by atoms with van der Waals surface area (Å²) in [7, 11) is -3.62. The highest BCUT2D eigenvalue weighted by Crippen LogP contribution is 2.26. The van der Waals surface area contributed by atoms with Crippen molar-refractivity contribution in [2.24, 2.45) is 20.7 Å². The van der Waals surface area contributed by atoms with E-state index < -0.39 is 9.84 Å². The van der Waals surface area contributed by atoms with Gasteiger partial charge in [-0.3, -0.25) is 0 Å². The van der Waals surface area contributed by atoms with Crippen LogP contribution in [0.3, 0.4) is 0 Å². The number of nitrogens with zero attached hydrogens (tertiary/aromatic N) is 3. The molecule has 0 radical (unpaired) electrons. The predicted molar refractivity (Wildman–Crippen MR) is 73.1 cm³/mol. The Bertz CT molecular complexity index is 758. The van der Waals surface area contributed by atoms with E-state index in [1.807, 2.05) is 0 Å². The van der Waals surface area contributed by atoms with E-state index in [1.165, 1.54) is 18.3 Å². The molecule has 0 aromatic heterocycles. The summed E-state index contributed by atoms with van der Waals surface area (Å²) in [6.45, 7) is 0.154. The van der Waals surface area contributed by atoms with Crippen molar-refractivity contribution in [3.63, 3.8) is 0 Å². The van der Waals surface area contributed by atoms with Crippen LogP contribution in [0.25, 0.3) is 0 Å². The van der Waals surface area contributed by atoms with Gasteiger partial charge in [0.2, 0.25) is 9.84 Å². The monoisotopic (exact) mass is 274 g/mol. The van der Waals surface area contributed by atoms with Gasteiger partial charge in [-0.15, -0.1) is 0 Å². The molecular formula is C12H10N4O2S. The normalized spacial score (nSPS) is 17.5. The van der Waals surface area contributed by atoms with Crippen molar-refractivity contribution in [1.29, 1.82) is 0 Å². The molecule has 0 fully saturated rings. The van der Waals surface area contributed by atoms with Crippen LogP contribution in [0.1, 0.15) is 0 Å². The van der Waals surface area contributed by atoms with E-state index in [1.54, 1.807) is 18.2 Å². The Morgan fingerprint density at radius 1 is 1.11 bits per heavy atom. The maximum absolute atomic E-state index is 12.5. The van der Waals surface area contributed by atoms with Crippen LogP contribution >= 0.6 is 0 Å². The van der Waals surface area contributed by atoms with Crippen LogP contribution in [0.2, 0.25) is 0 Å². The molecule has 0 bridgehead atoms. The molecule has 2 aliphatic heterocycles. The topological polar surface area (TPSA) is 97.2 Å². The summed E-state index contributed by atoms with van der Waals surface area (Å²) in [5.74, 6) is 0.706. The van der Waals surface area contributed by atoms with Crippen LogP contribution in [0.4, 0.5) is 0 Å². The van der Waals surface area contributed by atoms with E-state index in [0.717, 1.165) is 0 Å². The lowest BCUT2D eigenvalue weighted by Gasteiger charge is -2.04. The second-order valence-corrected chi connectivity index (χ2v) is 5.87. The largest absolute Gasteiger partial charge is 0.324 e. The Balaban J connectivity index is 2.03. The van der Waals surface area contributed by atoms with Gasteiger partial charge in [0.15, 0.2) is 5.84 Å². The number of sulfone groups is 1. The number of rotatable bonds is 3. The van der Waals surface area contributed by atoms with Crippen molar-refractivity contribution in [2.75, 3.05) is 6.54 Å². The zero-order valence-corrected chi connectivity index (χ0v) is 10.6. The number of benzene rings is 1. The molecule has 1 aromatic carbocycles. The van der Waals surface area contributed by atoms with Crippen LogP contribution < -0.4 is 5.73 Å². The Kier molecular flexibility index (Phi) is 2.65. The fourth-order valence-electron chi connectivity index (χ4n) is 1.83. The Morgan fingerprint density at radius 3 is 2.53 bits per heavy atom. The van der Waals surface area contributed by atoms with Gasteiger partial charge < -0.3 is 5.73 Å². The van der Waals surface area contributed by atoms with Crippen LogP contribution in [-0.2, 0) is 9.84 Å². The molecule has 2 aliphatic rings. The summed E-state index contributed by atoms with van der Waals surface area (Å²) in [5, 5.41) is 0. The number of hydrogen-bond acceptors (Lipinski definition) is 6. The first-order valence-corrected chi connectivity index (χ1v) is 7.06. The fourth-order valence-corrected chi connectivity index (χ4v) is 3.18. The van der Waals surface area contributed by atoms with Crippen molar-refractivity contribution in [1.82, 2.24) is 0 Å². The van der Waals surface area contributed by atoms with Crippen molar-refractivity contribution in [2.45, 2.75) is 4.90 Å². The molecule has 0 spiro atoms. The third-order valence-corrected chi connectivity index (χ3v) is 4.52. The molecule has 2 heterocycles. The van der Waals surface area contributed by atoms with Gasteiger partial charge in [0.25, 0.3) is 0 Å². The Hall–Kier alpha value is -2.12. The van der Waals surface area contributed by atoms with Crippen molar-refractivity contribution >= 4 is 27.2 Å². The summed E-state index contributed by atoms with van der Waals surface area (Å²) in [5.41, 5.74) is 5.72. The summed E-state index contributed by atoms with van der Waals surface area (Å²) in [6, 6.07) is 8.17. The highest BCUT2D eigenvalue weighted by Gasteiger charge is 2.34. The van der Waals surface area contributed by atoms with E-state index in [4.69, 9.17) is 5.73 Å². The highest BCUT2D eigenvalue weighted by atomic mass is 32.2. The molecule has 0 unspecified atom stereocenters. The van der Waals surface area contributed by atoms with Crippen LogP contribution in [0.5, 0.6) is 0 Å². The van der Waals surface area contributed by atoms with Gasteiger partial charge in [-0.2, -0.15) is 0 Å². The molecule has 2 N–H and O–H groups in total. The Morgan fingerprint density at radius 2 is 1.84 bits per heavy atom. The molecule has 0 atom stereocenters. The lowest BCUT2D eigenvalue weighted by Crippen LogP contribution is -2.15. The third-order valence-electron chi connectivity index (χ3n) is 2.75. The van der Waals surface area contributed by atoms with Crippen molar-refractivity contribution in [3.8, 4) is 0 Å². The first-order valence-electron chi connectivity index (χ1n) is 5.58. The zero-order valence-electron chi connectivity index (χ0n) is 9.81. The molecule has 0 aliphatic carbocycles. The molecule has 19 heavy (non-hydrogen) atoms. The average Bonchev–Trinajstić information content (AvgIpc) is 2.98. The predicted octanol–water partition coefficient (Wildman–Crippen LogP) is 0.526. The molecule has 0 saturated carbocycles. The van der Waals surface area contributed by atoms with Crippen molar-refractivity contribution < 1.29 is 8.42 Å². The molecule has 1 aromatic rings. The van der Waals surface area contributed by atoms with Gasteiger partial charge in [0.05, 0.1) is 17.6 Å². The minimum absolute atomic E-state index is 0.0703. The number of fused-ring (bicyclic) bond motifs is 1. The Labute approximate surface area is 110 Å². The van der Waals surface area contributed by atoms with Crippen LogP contribution in [0.15, 0.2) is 61.3 Å². The highest BCUT2D eigenvalue weighted by molar-refractivity contribution is 7.96. The maximum Gasteiger partial charge on any atom is 0.210 e. The van der Waals surface area contributed by atoms with Gasteiger partial charge in [-0.25, -0.2) is 23.4 Å². The SMILES string of the molecule is NCC1=NC2=NC=C(S(=O)(=O)c3ccccc3)C2=N1. The molecule has 6 nitrogen and oxygen atoms in total. The van der Waals surface area contributed by atoms with Gasteiger partial charge >= 0.3 is 0 Å². The van der Waals surface area contributed by atoms with E-state index >= 15 is 0 Å². The number of hydrogen-bond donors (Lipinski definition) is 1. The van der Waals surface area contributed by atoms with E-state index in [2.05, 4.69) is 15.0 Å². The van der Waals surface area contributed by atoms with Gasteiger partial charge in [0.1, 0.15) is 16.5 Å². The molecule has 0 saturated heterocycles. The van der Waals surface area contributed by atoms with Gasteiger partial charge in [-0.1, -0.05) is 18.2 Å². The lowest BCUT2D eigenvalue weighted by atomic mass is 10.4. The maximum atomic E-state index is 12.5. The number of nitrogens with two attached hydrogens (primary N) is 1. The third kappa shape index (κ3) is 1.83. The van der Waals surface area contributed by atoms with Gasteiger partial charge in [0, 0.05) is 0 Å². The summed E-state index contributed by atoms with van der Waals surface area (Å²) in [6.07, 6.45) is 1.29. The molecule has 96 valence electrons. The summed E-state index contributed by atoms with van der Waals surface area (Å²) >= 11 is 0. The minimum atomic E-state index is -3.62. The average molecular weight is 274 g/mol. The van der Waals surface area contributed by atoms with Gasteiger partial charge in [-0.05, 0) is 12.1 Å². The minimum Gasteiger partial charge on any atom is -0.324 e. The van der Waals surface area contributed by atoms with Crippen LogP contribution in [0, 0.1) is 0 Å². The molecule has 0 amide bonds.